The first kappa shape index (κ1) is 18.8. The summed E-state index contributed by atoms with van der Waals surface area (Å²) in [5.41, 5.74) is 6.61. The van der Waals surface area contributed by atoms with E-state index in [1.807, 2.05) is 0 Å². The molecule has 23 heavy (non-hydrogen) atoms. The lowest BCUT2D eigenvalue weighted by Crippen LogP contribution is -2.01. The molecule has 0 spiro atoms. The van der Waals surface area contributed by atoms with Crippen molar-refractivity contribution in [1.82, 2.24) is 0 Å². The van der Waals surface area contributed by atoms with Crippen LogP contribution < -0.4 is 10.5 Å². The van der Waals surface area contributed by atoms with Crippen LogP contribution in [0.25, 0.3) is 0 Å². The molecule has 0 aliphatic carbocycles. The Kier molecular flexibility index (Phi) is 9.30. The van der Waals surface area contributed by atoms with E-state index in [0.717, 1.165) is 32.1 Å². The number of nitrogens with two attached hydrogens (primary N) is 1. The first-order chi connectivity index (χ1) is 11.1. The number of benzene rings is 1. The van der Waals surface area contributed by atoms with E-state index in [1.165, 1.54) is 19.8 Å². The van der Waals surface area contributed by atoms with Crippen molar-refractivity contribution >= 4 is 11.7 Å². The first-order valence-corrected chi connectivity index (χ1v) is 8.20. The molecule has 0 atom stereocenters. The minimum absolute atomic E-state index is 0.204. The number of ether oxygens (including phenoxy) is 2. The van der Waals surface area contributed by atoms with Crippen molar-refractivity contribution in [2.45, 2.75) is 51.9 Å². The summed E-state index contributed by atoms with van der Waals surface area (Å²) in [4.78, 5) is 10.6. The van der Waals surface area contributed by atoms with Crippen LogP contribution in [0, 0.1) is 11.3 Å². The highest BCUT2D eigenvalue weighted by Gasteiger charge is 2.06. The molecule has 1 aromatic carbocycles. The van der Waals surface area contributed by atoms with Gasteiger partial charge < -0.3 is 15.2 Å². The molecule has 0 heterocycles. The van der Waals surface area contributed by atoms with Crippen molar-refractivity contribution in [2.75, 3.05) is 18.9 Å². The molecule has 1 rings (SSSR count). The highest BCUT2D eigenvalue weighted by molar-refractivity contribution is 5.65. The molecular formula is C18H26N2O3. The van der Waals surface area contributed by atoms with Gasteiger partial charge in [-0.05, 0) is 25.0 Å². The molecule has 0 unspecified atom stereocenters. The van der Waals surface area contributed by atoms with Crippen LogP contribution >= 0.6 is 0 Å². The second-order valence-electron chi connectivity index (χ2n) is 5.50. The number of nitrogens with zero attached hydrogens (tertiary/aromatic N) is 1. The molecule has 5 heteroatoms. The zero-order valence-electron chi connectivity index (χ0n) is 13.8. The maximum Gasteiger partial charge on any atom is 0.302 e. The Labute approximate surface area is 138 Å². The van der Waals surface area contributed by atoms with Crippen LogP contribution in [0.2, 0.25) is 0 Å². The minimum atomic E-state index is -0.204. The maximum atomic E-state index is 10.6. The van der Waals surface area contributed by atoms with Gasteiger partial charge in [0, 0.05) is 6.92 Å². The Bertz CT molecular complexity index is 523. The molecule has 0 aromatic heterocycles. The number of nitriles is 1. The SMILES string of the molecule is CC(=O)OCCCCCCCCCOc1cccc(N)c1C#N. The number of hydrogen-bond acceptors (Lipinski definition) is 5. The summed E-state index contributed by atoms with van der Waals surface area (Å²) in [7, 11) is 0. The van der Waals surface area contributed by atoms with E-state index < -0.39 is 0 Å². The molecule has 5 nitrogen and oxygen atoms in total. The van der Waals surface area contributed by atoms with Crippen LogP contribution in [0.15, 0.2) is 18.2 Å². The van der Waals surface area contributed by atoms with Crippen molar-refractivity contribution in [2.24, 2.45) is 0 Å². The molecule has 2 N–H and O–H groups in total. The van der Waals surface area contributed by atoms with Gasteiger partial charge in [0.15, 0.2) is 0 Å². The Morgan fingerprint density at radius 1 is 1.09 bits per heavy atom. The summed E-state index contributed by atoms with van der Waals surface area (Å²) in [5, 5.41) is 9.05. The smallest absolute Gasteiger partial charge is 0.302 e. The second-order valence-corrected chi connectivity index (χ2v) is 5.50. The predicted octanol–water partition coefficient (Wildman–Crippen LogP) is 3.81. The van der Waals surface area contributed by atoms with Crippen LogP contribution in [-0.4, -0.2) is 19.2 Å². The Hall–Kier alpha value is -2.22. The number of unbranched alkanes of at least 4 members (excludes halogenated alkanes) is 6. The molecular weight excluding hydrogens is 292 g/mol. The molecule has 0 aliphatic heterocycles. The topological polar surface area (TPSA) is 85.3 Å². The van der Waals surface area contributed by atoms with Crippen LogP contribution in [0.5, 0.6) is 5.75 Å². The molecule has 0 aliphatic rings. The summed E-state index contributed by atoms with van der Waals surface area (Å²) in [6, 6.07) is 7.35. The number of rotatable bonds is 11. The number of hydrogen-bond donors (Lipinski definition) is 1. The standard InChI is InChI=1S/C18H26N2O3/c1-15(21)22-12-7-5-3-2-4-6-8-13-23-18-11-9-10-17(20)16(18)14-19/h9-11H,2-8,12-13,20H2,1H3. The normalized spacial score (nSPS) is 10.1. The van der Waals surface area contributed by atoms with Gasteiger partial charge in [-0.25, -0.2) is 0 Å². The van der Waals surface area contributed by atoms with Gasteiger partial charge in [-0.3, -0.25) is 4.79 Å². The van der Waals surface area contributed by atoms with Crippen LogP contribution in [-0.2, 0) is 9.53 Å². The van der Waals surface area contributed by atoms with E-state index >= 15 is 0 Å². The van der Waals surface area contributed by atoms with E-state index in [9.17, 15) is 4.79 Å². The van der Waals surface area contributed by atoms with Crippen molar-refractivity contribution in [3.63, 3.8) is 0 Å². The van der Waals surface area contributed by atoms with Gasteiger partial charge >= 0.3 is 5.97 Å². The summed E-state index contributed by atoms with van der Waals surface area (Å²) in [6.07, 6.45) is 7.62. The third-order valence-electron chi connectivity index (χ3n) is 3.52. The zero-order chi connectivity index (χ0) is 16.9. The largest absolute Gasteiger partial charge is 0.492 e. The Morgan fingerprint density at radius 2 is 1.70 bits per heavy atom. The number of nitrogen functional groups attached to an aromatic ring is 1. The van der Waals surface area contributed by atoms with Crippen molar-refractivity contribution < 1.29 is 14.3 Å². The van der Waals surface area contributed by atoms with Crippen LogP contribution in [0.3, 0.4) is 0 Å². The first-order valence-electron chi connectivity index (χ1n) is 8.20. The number of carbonyl (C=O) groups excluding carboxylic acids is 1. The van der Waals surface area contributed by atoms with E-state index in [2.05, 4.69) is 6.07 Å². The lowest BCUT2D eigenvalue weighted by atomic mass is 10.1. The van der Waals surface area contributed by atoms with Gasteiger partial charge in [-0.2, -0.15) is 5.26 Å². The average molecular weight is 318 g/mol. The highest BCUT2D eigenvalue weighted by Crippen LogP contribution is 2.23. The van der Waals surface area contributed by atoms with Gasteiger partial charge in [0.05, 0.1) is 18.9 Å². The van der Waals surface area contributed by atoms with Crippen LogP contribution in [0.4, 0.5) is 5.69 Å². The van der Waals surface area contributed by atoms with Crippen molar-refractivity contribution in [1.29, 1.82) is 5.26 Å². The molecule has 0 fully saturated rings. The quantitative estimate of drug-likeness (QED) is 0.381. The molecule has 0 amide bonds. The molecule has 0 bridgehead atoms. The fraction of sp³-hybridized carbons (Fsp3) is 0.556. The summed E-state index contributed by atoms with van der Waals surface area (Å²) >= 11 is 0. The number of esters is 1. The van der Waals surface area contributed by atoms with Gasteiger partial charge in [-0.15, -0.1) is 0 Å². The maximum absolute atomic E-state index is 10.6. The van der Waals surface area contributed by atoms with E-state index in [4.69, 9.17) is 20.5 Å². The Balaban J connectivity index is 2.01. The lowest BCUT2D eigenvalue weighted by Gasteiger charge is -2.09. The third-order valence-corrected chi connectivity index (χ3v) is 3.52. The van der Waals surface area contributed by atoms with Gasteiger partial charge in [0.2, 0.25) is 0 Å². The zero-order valence-corrected chi connectivity index (χ0v) is 13.8. The summed E-state index contributed by atoms with van der Waals surface area (Å²) in [6.45, 7) is 2.57. The molecule has 0 saturated carbocycles. The molecule has 126 valence electrons. The van der Waals surface area contributed by atoms with Crippen molar-refractivity contribution in [3.8, 4) is 11.8 Å². The monoisotopic (exact) mass is 318 g/mol. The highest BCUT2D eigenvalue weighted by atomic mass is 16.5. The fourth-order valence-corrected chi connectivity index (χ4v) is 2.27. The summed E-state index contributed by atoms with van der Waals surface area (Å²) in [5.74, 6) is 0.364. The number of anilines is 1. The molecule has 0 saturated heterocycles. The minimum Gasteiger partial charge on any atom is -0.492 e. The van der Waals surface area contributed by atoms with E-state index in [0.29, 0.717) is 30.2 Å². The van der Waals surface area contributed by atoms with Crippen LogP contribution in [0.1, 0.15) is 57.4 Å². The molecule has 1 aromatic rings. The van der Waals surface area contributed by atoms with E-state index in [1.54, 1.807) is 18.2 Å². The third kappa shape index (κ3) is 8.10. The van der Waals surface area contributed by atoms with E-state index in [-0.39, 0.29) is 5.97 Å². The summed E-state index contributed by atoms with van der Waals surface area (Å²) < 4.78 is 10.5. The second kappa shape index (κ2) is 11.4. The fourth-order valence-electron chi connectivity index (χ4n) is 2.27. The predicted molar refractivity (Wildman–Crippen MR) is 90.0 cm³/mol. The lowest BCUT2D eigenvalue weighted by molar-refractivity contribution is -0.141. The Morgan fingerprint density at radius 3 is 2.30 bits per heavy atom. The van der Waals surface area contributed by atoms with Gasteiger partial charge in [0.25, 0.3) is 0 Å². The van der Waals surface area contributed by atoms with Gasteiger partial charge in [-0.1, -0.05) is 38.2 Å². The van der Waals surface area contributed by atoms with Crippen molar-refractivity contribution in [3.05, 3.63) is 23.8 Å². The number of carbonyl (C=O) groups is 1. The average Bonchev–Trinajstić information content (AvgIpc) is 2.52. The van der Waals surface area contributed by atoms with Gasteiger partial charge in [0.1, 0.15) is 17.4 Å². The molecule has 0 radical (unpaired) electrons.